The van der Waals surface area contributed by atoms with Crippen molar-refractivity contribution in [1.82, 2.24) is 10.3 Å². The van der Waals surface area contributed by atoms with Crippen LogP contribution in [-0.4, -0.2) is 22.8 Å². The average Bonchev–Trinajstić information content (AvgIpc) is 3.03. The second-order valence-corrected chi connectivity index (χ2v) is 8.38. The molecule has 2 N–H and O–H groups in total. The molecule has 0 fully saturated rings. The van der Waals surface area contributed by atoms with Gasteiger partial charge in [0.1, 0.15) is 9.88 Å². The van der Waals surface area contributed by atoms with Gasteiger partial charge in [0.05, 0.1) is 16.9 Å². The van der Waals surface area contributed by atoms with Crippen molar-refractivity contribution in [1.29, 1.82) is 0 Å². The molecule has 3 aromatic rings. The van der Waals surface area contributed by atoms with Crippen molar-refractivity contribution in [2.45, 2.75) is 40.7 Å². The van der Waals surface area contributed by atoms with Crippen LogP contribution in [0.1, 0.15) is 50.7 Å². The summed E-state index contributed by atoms with van der Waals surface area (Å²) in [5, 5.41) is 6.56. The average molecular weight is 408 g/mol. The molecule has 0 unspecified atom stereocenters. The fraction of sp³-hybridized carbons (Fsp3) is 0.261. The number of aryl methyl sites for hydroxylation is 3. The zero-order valence-corrected chi connectivity index (χ0v) is 18.1. The first-order valence-corrected chi connectivity index (χ1v) is 10.3. The van der Waals surface area contributed by atoms with E-state index in [0.29, 0.717) is 21.8 Å². The Hall–Kier alpha value is -2.99. The second-order valence-electron chi connectivity index (χ2n) is 7.38. The van der Waals surface area contributed by atoms with Gasteiger partial charge in [-0.25, -0.2) is 4.98 Å². The number of anilines is 1. The van der Waals surface area contributed by atoms with Gasteiger partial charge in [0.2, 0.25) is 0 Å². The van der Waals surface area contributed by atoms with E-state index in [9.17, 15) is 9.59 Å². The minimum atomic E-state index is -0.263. The highest BCUT2D eigenvalue weighted by Gasteiger charge is 2.20. The third-order valence-corrected chi connectivity index (χ3v) is 5.64. The number of nitrogens with zero attached hydrogens (tertiary/aromatic N) is 1. The number of rotatable bonds is 5. The molecule has 0 saturated carbocycles. The summed E-state index contributed by atoms with van der Waals surface area (Å²) in [6.07, 6.45) is 0. The Labute approximate surface area is 175 Å². The topological polar surface area (TPSA) is 71.1 Å². The molecule has 0 aliphatic carbocycles. The van der Waals surface area contributed by atoms with Gasteiger partial charge < -0.3 is 10.6 Å². The number of amides is 2. The fourth-order valence-corrected chi connectivity index (χ4v) is 4.14. The largest absolute Gasteiger partial charge is 0.350 e. The maximum atomic E-state index is 12.9. The molecular weight excluding hydrogens is 382 g/mol. The smallest absolute Gasteiger partial charge is 0.267 e. The molecule has 0 spiro atoms. The number of carbonyl (C=O) groups is 2. The van der Waals surface area contributed by atoms with Gasteiger partial charge in [-0.2, -0.15) is 0 Å². The molecule has 0 atom stereocenters. The Bertz CT molecular complexity index is 1070. The van der Waals surface area contributed by atoms with Crippen LogP contribution < -0.4 is 10.6 Å². The Morgan fingerprint density at radius 2 is 1.72 bits per heavy atom. The summed E-state index contributed by atoms with van der Waals surface area (Å²) in [4.78, 5) is 30.5. The maximum absolute atomic E-state index is 12.9. The fourth-order valence-electron chi connectivity index (χ4n) is 3.08. The Kier molecular flexibility index (Phi) is 6.13. The molecule has 0 aliphatic heterocycles. The summed E-state index contributed by atoms with van der Waals surface area (Å²) >= 11 is 1.36. The van der Waals surface area contributed by atoms with Crippen LogP contribution in [0, 0.1) is 20.8 Å². The molecule has 29 heavy (non-hydrogen) atoms. The van der Waals surface area contributed by atoms with E-state index >= 15 is 0 Å². The van der Waals surface area contributed by atoms with Crippen LogP contribution in [0.15, 0.2) is 42.5 Å². The highest BCUT2D eigenvalue weighted by molar-refractivity contribution is 7.17. The van der Waals surface area contributed by atoms with E-state index in [1.807, 2.05) is 39.8 Å². The van der Waals surface area contributed by atoms with Crippen LogP contribution in [0.3, 0.4) is 0 Å². The number of para-hydroxylation sites is 1. The van der Waals surface area contributed by atoms with Crippen molar-refractivity contribution in [3.05, 3.63) is 69.7 Å². The summed E-state index contributed by atoms with van der Waals surface area (Å²) in [6, 6.07) is 13.2. The van der Waals surface area contributed by atoms with Crippen molar-refractivity contribution < 1.29 is 9.59 Å². The lowest BCUT2D eigenvalue weighted by Gasteiger charge is -2.12. The SMILES string of the molecule is Cc1ccc(-c2nc(C)c(C(=O)Nc3ccccc3C(=O)NC(C)C)s2)c(C)c1. The van der Waals surface area contributed by atoms with E-state index in [1.54, 1.807) is 24.3 Å². The second kappa shape index (κ2) is 8.57. The Morgan fingerprint density at radius 1 is 1.00 bits per heavy atom. The molecule has 2 amide bonds. The van der Waals surface area contributed by atoms with Crippen LogP contribution in [0.25, 0.3) is 10.6 Å². The lowest BCUT2D eigenvalue weighted by Crippen LogP contribution is -2.31. The summed E-state index contributed by atoms with van der Waals surface area (Å²) in [7, 11) is 0. The lowest BCUT2D eigenvalue weighted by atomic mass is 10.1. The zero-order valence-electron chi connectivity index (χ0n) is 17.3. The quantitative estimate of drug-likeness (QED) is 0.616. The van der Waals surface area contributed by atoms with Crippen LogP contribution in [0.4, 0.5) is 5.69 Å². The van der Waals surface area contributed by atoms with Gasteiger partial charge in [0.25, 0.3) is 11.8 Å². The van der Waals surface area contributed by atoms with Crippen molar-refractivity contribution in [3.63, 3.8) is 0 Å². The van der Waals surface area contributed by atoms with Gasteiger partial charge in [0.15, 0.2) is 0 Å². The Balaban J connectivity index is 1.88. The van der Waals surface area contributed by atoms with Gasteiger partial charge in [-0.05, 0) is 52.3 Å². The third-order valence-electron chi connectivity index (χ3n) is 4.45. The van der Waals surface area contributed by atoms with E-state index in [0.717, 1.165) is 16.1 Å². The summed E-state index contributed by atoms with van der Waals surface area (Å²) in [6.45, 7) is 9.72. The van der Waals surface area contributed by atoms with Crippen LogP contribution >= 0.6 is 11.3 Å². The van der Waals surface area contributed by atoms with Gasteiger partial charge in [0, 0.05) is 11.6 Å². The number of hydrogen-bond donors (Lipinski definition) is 2. The molecular formula is C23H25N3O2S. The minimum absolute atomic E-state index is 0.00954. The first-order valence-electron chi connectivity index (χ1n) is 9.52. The van der Waals surface area contributed by atoms with Crippen LogP contribution in [0.5, 0.6) is 0 Å². The number of carbonyl (C=O) groups excluding carboxylic acids is 2. The van der Waals surface area contributed by atoms with Gasteiger partial charge in [-0.1, -0.05) is 35.9 Å². The first kappa shape index (κ1) is 20.7. The van der Waals surface area contributed by atoms with E-state index in [4.69, 9.17) is 0 Å². The maximum Gasteiger partial charge on any atom is 0.267 e. The predicted molar refractivity (Wildman–Crippen MR) is 119 cm³/mol. The number of benzene rings is 2. The van der Waals surface area contributed by atoms with E-state index in [1.165, 1.54) is 16.9 Å². The molecule has 150 valence electrons. The molecule has 1 aromatic heterocycles. The number of hydrogen-bond acceptors (Lipinski definition) is 4. The van der Waals surface area contributed by atoms with E-state index < -0.39 is 0 Å². The molecule has 0 radical (unpaired) electrons. The first-order chi connectivity index (χ1) is 13.8. The highest BCUT2D eigenvalue weighted by atomic mass is 32.1. The molecule has 1 heterocycles. The predicted octanol–water partition coefficient (Wildman–Crippen LogP) is 5.13. The van der Waals surface area contributed by atoms with Gasteiger partial charge in [-0.3, -0.25) is 9.59 Å². The molecule has 0 bridgehead atoms. The number of nitrogens with one attached hydrogen (secondary N) is 2. The summed E-state index contributed by atoms with van der Waals surface area (Å²) in [5.74, 6) is -0.478. The van der Waals surface area contributed by atoms with Crippen molar-refractivity contribution in [3.8, 4) is 10.6 Å². The van der Waals surface area contributed by atoms with Crippen molar-refractivity contribution >= 4 is 28.8 Å². The molecule has 6 heteroatoms. The van der Waals surface area contributed by atoms with Crippen LogP contribution in [0.2, 0.25) is 0 Å². The molecule has 2 aromatic carbocycles. The third kappa shape index (κ3) is 4.71. The number of thiazole rings is 1. The van der Waals surface area contributed by atoms with E-state index in [-0.39, 0.29) is 17.9 Å². The van der Waals surface area contributed by atoms with Gasteiger partial charge in [-0.15, -0.1) is 11.3 Å². The standard InChI is InChI=1S/C23H25N3O2S/c1-13(2)24-21(27)18-8-6-7-9-19(18)26-22(28)20-16(5)25-23(29-20)17-11-10-14(3)12-15(17)4/h6-13H,1-5H3,(H,24,27)(H,26,28). The normalized spacial score (nSPS) is 10.8. The van der Waals surface area contributed by atoms with Crippen molar-refractivity contribution in [2.75, 3.05) is 5.32 Å². The molecule has 3 rings (SSSR count). The molecule has 0 saturated heterocycles. The minimum Gasteiger partial charge on any atom is -0.350 e. The summed E-state index contributed by atoms with van der Waals surface area (Å²) < 4.78 is 0. The van der Waals surface area contributed by atoms with Crippen molar-refractivity contribution in [2.24, 2.45) is 0 Å². The van der Waals surface area contributed by atoms with Gasteiger partial charge >= 0.3 is 0 Å². The van der Waals surface area contributed by atoms with Crippen LogP contribution in [-0.2, 0) is 0 Å². The Morgan fingerprint density at radius 3 is 2.41 bits per heavy atom. The summed E-state index contributed by atoms with van der Waals surface area (Å²) in [5.41, 5.74) is 4.93. The molecule has 0 aliphatic rings. The zero-order chi connectivity index (χ0) is 21.1. The lowest BCUT2D eigenvalue weighted by molar-refractivity contribution is 0.0944. The van der Waals surface area contributed by atoms with E-state index in [2.05, 4.69) is 28.6 Å². The number of aromatic nitrogens is 1. The monoisotopic (exact) mass is 407 g/mol. The molecule has 5 nitrogen and oxygen atoms in total. The highest BCUT2D eigenvalue weighted by Crippen LogP contribution is 2.31.